The van der Waals surface area contributed by atoms with Crippen molar-refractivity contribution in [2.75, 3.05) is 13.1 Å². The van der Waals surface area contributed by atoms with E-state index in [9.17, 15) is 4.79 Å². The van der Waals surface area contributed by atoms with Gasteiger partial charge in [-0.3, -0.25) is 4.79 Å². The highest BCUT2D eigenvalue weighted by atomic mass is 79.9. The zero-order valence-electron chi connectivity index (χ0n) is 10.4. The van der Waals surface area contributed by atoms with Crippen molar-refractivity contribution in [1.82, 2.24) is 10.2 Å². The van der Waals surface area contributed by atoms with Crippen LogP contribution in [-0.2, 0) is 0 Å². The van der Waals surface area contributed by atoms with Crippen molar-refractivity contribution >= 4 is 33.4 Å². The summed E-state index contributed by atoms with van der Waals surface area (Å²) in [5, 5.41) is 3.85. The van der Waals surface area contributed by atoms with Gasteiger partial charge in [-0.2, -0.15) is 0 Å². The molecular weight excluding hydrogens is 316 g/mol. The normalized spacial score (nSPS) is 24.1. The minimum atomic E-state index is 0.00773. The van der Waals surface area contributed by atoms with Gasteiger partial charge in [0.2, 0.25) is 0 Å². The highest BCUT2D eigenvalue weighted by Gasteiger charge is 2.28. The predicted molar refractivity (Wildman–Crippen MR) is 77.1 cm³/mol. The van der Waals surface area contributed by atoms with E-state index in [4.69, 9.17) is 11.6 Å². The number of benzene rings is 1. The van der Waals surface area contributed by atoms with Crippen LogP contribution in [-0.4, -0.2) is 36.0 Å². The van der Waals surface area contributed by atoms with Crippen molar-refractivity contribution in [1.29, 1.82) is 0 Å². The van der Waals surface area contributed by atoms with Gasteiger partial charge in [0, 0.05) is 29.6 Å². The molecule has 18 heavy (non-hydrogen) atoms. The van der Waals surface area contributed by atoms with Gasteiger partial charge in [-0.1, -0.05) is 27.5 Å². The van der Waals surface area contributed by atoms with Crippen molar-refractivity contribution < 1.29 is 4.79 Å². The lowest BCUT2D eigenvalue weighted by molar-refractivity contribution is 0.0616. The van der Waals surface area contributed by atoms with Gasteiger partial charge < -0.3 is 10.2 Å². The molecule has 0 aromatic heterocycles. The number of rotatable bonds is 1. The zero-order chi connectivity index (χ0) is 13.3. The molecule has 0 saturated carbocycles. The smallest absolute Gasteiger partial charge is 0.255 e. The number of hydrogen-bond acceptors (Lipinski definition) is 2. The average Bonchev–Trinajstić information content (AvgIpc) is 2.31. The van der Waals surface area contributed by atoms with Crippen LogP contribution in [0.5, 0.6) is 0 Å². The molecule has 0 aliphatic carbocycles. The maximum absolute atomic E-state index is 12.5. The maximum Gasteiger partial charge on any atom is 0.255 e. The molecule has 2 unspecified atom stereocenters. The van der Waals surface area contributed by atoms with Crippen molar-refractivity contribution in [2.24, 2.45) is 0 Å². The van der Waals surface area contributed by atoms with E-state index in [0.29, 0.717) is 23.2 Å². The standard InChI is InChI=1S/C13H16BrClN2O/c1-8-7-17(9(2)6-16-8)13(18)11-4-3-10(14)5-12(11)15/h3-5,8-9,16H,6-7H2,1-2H3. The van der Waals surface area contributed by atoms with E-state index >= 15 is 0 Å². The molecule has 5 heteroatoms. The van der Waals surface area contributed by atoms with E-state index in [1.165, 1.54) is 0 Å². The molecule has 1 aliphatic heterocycles. The van der Waals surface area contributed by atoms with Gasteiger partial charge >= 0.3 is 0 Å². The summed E-state index contributed by atoms with van der Waals surface area (Å²) in [5.41, 5.74) is 0.570. The second-order valence-electron chi connectivity index (χ2n) is 4.74. The first-order chi connectivity index (χ1) is 8.49. The van der Waals surface area contributed by atoms with E-state index in [1.54, 1.807) is 12.1 Å². The van der Waals surface area contributed by atoms with Gasteiger partial charge in [0.05, 0.1) is 10.6 Å². The fourth-order valence-electron chi connectivity index (χ4n) is 2.12. The van der Waals surface area contributed by atoms with Crippen molar-refractivity contribution in [3.63, 3.8) is 0 Å². The summed E-state index contributed by atoms with van der Waals surface area (Å²) in [5.74, 6) is 0.00773. The summed E-state index contributed by atoms with van der Waals surface area (Å²) >= 11 is 9.48. The number of nitrogens with one attached hydrogen (secondary N) is 1. The third kappa shape index (κ3) is 2.87. The Hall–Kier alpha value is -0.580. The Bertz CT molecular complexity index is 466. The molecule has 1 N–H and O–H groups in total. The quantitative estimate of drug-likeness (QED) is 0.858. The summed E-state index contributed by atoms with van der Waals surface area (Å²) in [6.07, 6.45) is 0. The van der Waals surface area contributed by atoms with Crippen LogP contribution >= 0.6 is 27.5 Å². The average molecular weight is 332 g/mol. The molecule has 2 atom stereocenters. The summed E-state index contributed by atoms with van der Waals surface area (Å²) in [6, 6.07) is 5.88. The number of halogens is 2. The highest BCUT2D eigenvalue weighted by molar-refractivity contribution is 9.10. The number of amides is 1. The Morgan fingerprint density at radius 1 is 1.50 bits per heavy atom. The molecule has 2 rings (SSSR count). The molecule has 1 saturated heterocycles. The van der Waals surface area contributed by atoms with Crippen LogP contribution in [0, 0.1) is 0 Å². The summed E-state index contributed by atoms with van der Waals surface area (Å²) in [6.45, 7) is 5.66. The molecule has 1 aliphatic rings. The first kappa shape index (κ1) is 13.8. The fraction of sp³-hybridized carbons (Fsp3) is 0.462. The Balaban J connectivity index is 2.24. The zero-order valence-corrected chi connectivity index (χ0v) is 12.8. The van der Waals surface area contributed by atoms with Crippen LogP contribution < -0.4 is 5.32 Å². The number of hydrogen-bond donors (Lipinski definition) is 1. The third-order valence-electron chi connectivity index (χ3n) is 3.19. The second-order valence-corrected chi connectivity index (χ2v) is 6.06. The van der Waals surface area contributed by atoms with Crippen LogP contribution in [0.25, 0.3) is 0 Å². The van der Waals surface area contributed by atoms with E-state index in [-0.39, 0.29) is 11.9 Å². The molecule has 1 aromatic carbocycles. The Morgan fingerprint density at radius 2 is 2.22 bits per heavy atom. The molecule has 0 spiro atoms. The van der Waals surface area contributed by atoms with Gasteiger partial charge in [0.25, 0.3) is 5.91 Å². The van der Waals surface area contributed by atoms with E-state index in [1.807, 2.05) is 17.9 Å². The second kappa shape index (κ2) is 5.59. The summed E-state index contributed by atoms with van der Waals surface area (Å²) in [4.78, 5) is 14.4. The molecular formula is C13H16BrClN2O. The molecule has 3 nitrogen and oxygen atoms in total. The Kier molecular flexibility index (Phi) is 4.30. The Morgan fingerprint density at radius 3 is 2.89 bits per heavy atom. The van der Waals surface area contributed by atoms with Gasteiger partial charge in [-0.25, -0.2) is 0 Å². The third-order valence-corrected chi connectivity index (χ3v) is 3.99. The molecule has 0 radical (unpaired) electrons. The van der Waals surface area contributed by atoms with Crippen molar-refractivity contribution in [3.8, 4) is 0 Å². The van der Waals surface area contributed by atoms with Crippen molar-refractivity contribution in [2.45, 2.75) is 25.9 Å². The highest BCUT2D eigenvalue weighted by Crippen LogP contribution is 2.24. The summed E-state index contributed by atoms with van der Waals surface area (Å²) < 4.78 is 0.880. The molecule has 0 bridgehead atoms. The van der Waals surface area contributed by atoms with Crippen molar-refractivity contribution in [3.05, 3.63) is 33.3 Å². The fourth-order valence-corrected chi connectivity index (χ4v) is 2.88. The maximum atomic E-state index is 12.5. The van der Waals surface area contributed by atoms with E-state index in [0.717, 1.165) is 11.0 Å². The lowest BCUT2D eigenvalue weighted by Crippen LogP contribution is -2.56. The molecule has 1 heterocycles. The van der Waals surface area contributed by atoms with Crippen LogP contribution in [0.15, 0.2) is 22.7 Å². The molecule has 98 valence electrons. The van der Waals surface area contributed by atoms with Gasteiger partial charge in [-0.15, -0.1) is 0 Å². The summed E-state index contributed by atoms with van der Waals surface area (Å²) in [7, 11) is 0. The number of piperazine rings is 1. The topological polar surface area (TPSA) is 32.3 Å². The first-order valence-electron chi connectivity index (χ1n) is 5.98. The number of nitrogens with zero attached hydrogens (tertiary/aromatic N) is 1. The first-order valence-corrected chi connectivity index (χ1v) is 7.15. The molecule has 1 aromatic rings. The predicted octanol–water partition coefficient (Wildman–Crippen LogP) is 2.92. The lowest BCUT2D eigenvalue weighted by atomic mass is 10.1. The lowest BCUT2D eigenvalue weighted by Gasteiger charge is -2.37. The van der Waals surface area contributed by atoms with E-state index < -0.39 is 0 Å². The number of carbonyl (C=O) groups excluding carboxylic acids is 1. The van der Waals surface area contributed by atoms with Crippen LogP contribution in [0.1, 0.15) is 24.2 Å². The van der Waals surface area contributed by atoms with Gasteiger partial charge in [-0.05, 0) is 32.0 Å². The SMILES string of the molecule is CC1CN(C(=O)c2ccc(Br)cc2Cl)C(C)CN1. The largest absolute Gasteiger partial charge is 0.333 e. The Labute approximate surface area is 121 Å². The van der Waals surface area contributed by atoms with Gasteiger partial charge in [0.1, 0.15) is 0 Å². The minimum Gasteiger partial charge on any atom is -0.333 e. The number of carbonyl (C=O) groups is 1. The molecule has 1 amide bonds. The monoisotopic (exact) mass is 330 g/mol. The van der Waals surface area contributed by atoms with Crippen LogP contribution in [0.4, 0.5) is 0 Å². The molecule has 1 fully saturated rings. The van der Waals surface area contributed by atoms with Crippen LogP contribution in [0.3, 0.4) is 0 Å². The minimum absolute atomic E-state index is 0.00773. The van der Waals surface area contributed by atoms with Crippen LogP contribution in [0.2, 0.25) is 5.02 Å². The van der Waals surface area contributed by atoms with Gasteiger partial charge in [0.15, 0.2) is 0 Å². The van der Waals surface area contributed by atoms with E-state index in [2.05, 4.69) is 28.2 Å².